The van der Waals surface area contributed by atoms with Gasteiger partial charge in [0, 0.05) is 6.20 Å². The third kappa shape index (κ3) is 3.53. The topological polar surface area (TPSA) is 51.1 Å². The first kappa shape index (κ1) is 18.6. The van der Waals surface area contributed by atoms with Crippen LogP contribution in [0.2, 0.25) is 0 Å². The molecule has 1 aromatic carbocycles. The van der Waals surface area contributed by atoms with Gasteiger partial charge in [-0.1, -0.05) is 23.7 Å². The van der Waals surface area contributed by atoms with Gasteiger partial charge in [0.2, 0.25) is 0 Å². The number of nitrogens with zero attached hydrogens (tertiary/aromatic N) is 2. The number of allylic oxidation sites excluding steroid dienone is 1. The number of ether oxygens (including phenoxy) is 2. The monoisotopic (exact) mass is 432 g/mol. The van der Waals surface area contributed by atoms with E-state index in [9.17, 15) is 4.79 Å². The number of benzene rings is 1. The van der Waals surface area contributed by atoms with Crippen LogP contribution in [-0.4, -0.2) is 29.3 Å². The van der Waals surface area contributed by atoms with Crippen LogP contribution in [0.5, 0.6) is 5.75 Å². The molecule has 2 aliphatic heterocycles. The standard InChI is InChI=1S/C19H17BrN2O3S/c1-4-9-25-15-7-6-13(11-14(15)20)17-16(18(23)24-5-2)12(3)21-19-22(17)8-10-26-19/h1,6-8,10-11,17H,5,9H2,2-3H3. The van der Waals surface area contributed by atoms with Crippen molar-refractivity contribution < 1.29 is 14.3 Å². The lowest BCUT2D eigenvalue weighted by molar-refractivity contribution is -0.139. The molecule has 1 unspecified atom stereocenters. The van der Waals surface area contributed by atoms with E-state index in [1.807, 2.05) is 41.6 Å². The molecule has 0 bridgehead atoms. The van der Waals surface area contributed by atoms with E-state index in [0.29, 0.717) is 23.6 Å². The predicted molar refractivity (Wildman–Crippen MR) is 107 cm³/mol. The molecule has 134 valence electrons. The van der Waals surface area contributed by atoms with Crippen LogP contribution in [0.1, 0.15) is 25.5 Å². The Morgan fingerprint density at radius 3 is 3.00 bits per heavy atom. The van der Waals surface area contributed by atoms with Crippen molar-refractivity contribution in [1.82, 2.24) is 4.90 Å². The number of hydrogen-bond donors (Lipinski definition) is 0. The van der Waals surface area contributed by atoms with Gasteiger partial charge in [-0.25, -0.2) is 9.79 Å². The SMILES string of the molecule is C#CCOc1ccc(C2C(C(=O)OCC)=C(C)N=C3SC=CN32)cc1Br. The van der Waals surface area contributed by atoms with E-state index < -0.39 is 0 Å². The van der Waals surface area contributed by atoms with Crippen molar-refractivity contribution in [1.29, 1.82) is 0 Å². The molecule has 0 spiro atoms. The average Bonchev–Trinajstić information content (AvgIpc) is 3.07. The minimum atomic E-state index is -0.355. The number of carbonyl (C=O) groups excluding carboxylic acids is 1. The molecule has 0 fully saturated rings. The molecule has 0 aromatic heterocycles. The summed E-state index contributed by atoms with van der Waals surface area (Å²) in [5.41, 5.74) is 2.12. The number of fused-ring (bicyclic) bond motifs is 1. The van der Waals surface area contributed by atoms with Crippen molar-refractivity contribution in [2.24, 2.45) is 4.99 Å². The van der Waals surface area contributed by atoms with Crippen molar-refractivity contribution in [2.75, 3.05) is 13.2 Å². The van der Waals surface area contributed by atoms with E-state index in [1.54, 1.807) is 6.92 Å². The zero-order chi connectivity index (χ0) is 18.7. The molecule has 2 heterocycles. The quantitative estimate of drug-likeness (QED) is 0.514. The molecule has 26 heavy (non-hydrogen) atoms. The number of aliphatic imine (C=N–C) groups is 1. The van der Waals surface area contributed by atoms with Gasteiger partial charge < -0.3 is 14.4 Å². The van der Waals surface area contributed by atoms with Crippen LogP contribution in [0.4, 0.5) is 0 Å². The number of rotatable bonds is 5. The number of hydrogen-bond acceptors (Lipinski definition) is 6. The maximum atomic E-state index is 12.6. The summed E-state index contributed by atoms with van der Waals surface area (Å²) in [7, 11) is 0. The fraction of sp³-hybridized carbons (Fsp3) is 0.263. The molecule has 0 radical (unpaired) electrons. The summed E-state index contributed by atoms with van der Waals surface area (Å²) in [5, 5.41) is 2.79. The Bertz CT molecular complexity index is 870. The van der Waals surface area contributed by atoms with E-state index in [-0.39, 0.29) is 18.6 Å². The first-order valence-electron chi connectivity index (χ1n) is 8.00. The zero-order valence-corrected chi connectivity index (χ0v) is 16.8. The third-order valence-corrected chi connectivity index (χ3v) is 5.29. The maximum absolute atomic E-state index is 12.6. The Morgan fingerprint density at radius 1 is 1.50 bits per heavy atom. The van der Waals surface area contributed by atoms with Crippen LogP contribution in [-0.2, 0) is 9.53 Å². The van der Waals surface area contributed by atoms with Crippen LogP contribution in [0.25, 0.3) is 0 Å². The molecule has 0 amide bonds. The number of amidine groups is 1. The Hall–Kier alpha value is -2.17. The molecule has 0 N–H and O–H groups in total. The lowest BCUT2D eigenvalue weighted by Crippen LogP contribution is -2.34. The minimum Gasteiger partial charge on any atom is -0.480 e. The van der Waals surface area contributed by atoms with Crippen molar-refractivity contribution in [3.63, 3.8) is 0 Å². The number of esters is 1. The van der Waals surface area contributed by atoms with E-state index in [2.05, 4.69) is 26.8 Å². The second kappa shape index (κ2) is 8.02. The average molecular weight is 433 g/mol. The molecule has 1 aromatic rings. The summed E-state index contributed by atoms with van der Waals surface area (Å²) in [5.74, 6) is 2.75. The fourth-order valence-electron chi connectivity index (χ4n) is 2.82. The first-order chi connectivity index (χ1) is 12.6. The van der Waals surface area contributed by atoms with E-state index in [4.69, 9.17) is 15.9 Å². The van der Waals surface area contributed by atoms with Crippen LogP contribution < -0.4 is 4.74 Å². The lowest BCUT2D eigenvalue weighted by atomic mass is 9.95. The van der Waals surface area contributed by atoms with Gasteiger partial charge in [-0.15, -0.1) is 6.42 Å². The van der Waals surface area contributed by atoms with Crippen LogP contribution in [0, 0.1) is 12.3 Å². The lowest BCUT2D eigenvalue weighted by Gasteiger charge is -2.33. The molecule has 5 nitrogen and oxygen atoms in total. The van der Waals surface area contributed by atoms with Gasteiger partial charge in [0.05, 0.1) is 28.4 Å². The molecule has 1 atom stereocenters. The van der Waals surface area contributed by atoms with E-state index >= 15 is 0 Å². The summed E-state index contributed by atoms with van der Waals surface area (Å²) in [4.78, 5) is 19.1. The molecular weight excluding hydrogens is 416 g/mol. The van der Waals surface area contributed by atoms with E-state index in [1.165, 1.54) is 11.8 Å². The Labute approximate surface area is 165 Å². The molecule has 2 aliphatic rings. The molecule has 3 rings (SSSR count). The van der Waals surface area contributed by atoms with Gasteiger partial charge in [0.15, 0.2) is 5.17 Å². The molecule has 7 heteroatoms. The Balaban J connectivity index is 2.03. The molecule has 0 saturated carbocycles. The van der Waals surface area contributed by atoms with Gasteiger partial charge in [0.25, 0.3) is 0 Å². The van der Waals surface area contributed by atoms with Crippen LogP contribution in [0.15, 0.2) is 50.5 Å². The highest BCUT2D eigenvalue weighted by Gasteiger charge is 2.37. The van der Waals surface area contributed by atoms with Gasteiger partial charge in [-0.2, -0.15) is 0 Å². The number of terminal acetylenes is 1. The molecule has 0 aliphatic carbocycles. The summed E-state index contributed by atoms with van der Waals surface area (Å²) in [6.07, 6.45) is 7.18. The molecule has 0 saturated heterocycles. The Morgan fingerprint density at radius 2 is 2.31 bits per heavy atom. The summed E-state index contributed by atoms with van der Waals surface area (Å²) < 4.78 is 11.6. The fourth-order valence-corrected chi connectivity index (χ4v) is 4.12. The minimum absolute atomic E-state index is 0.191. The number of thioether (sulfide) groups is 1. The third-order valence-electron chi connectivity index (χ3n) is 3.90. The number of halogens is 1. The second-order valence-corrected chi connectivity index (χ2v) is 7.24. The van der Waals surface area contributed by atoms with Crippen LogP contribution >= 0.6 is 27.7 Å². The maximum Gasteiger partial charge on any atom is 0.338 e. The summed E-state index contributed by atoms with van der Waals surface area (Å²) in [6, 6.07) is 5.38. The predicted octanol–water partition coefficient (Wildman–Crippen LogP) is 4.23. The van der Waals surface area contributed by atoms with Gasteiger partial charge >= 0.3 is 5.97 Å². The van der Waals surface area contributed by atoms with Crippen molar-refractivity contribution >= 4 is 38.8 Å². The first-order valence-corrected chi connectivity index (χ1v) is 9.68. The Kier molecular flexibility index (Phi) is 5.74. The highest BCUT2D eigenvalue weighted by Crippen LogP contribution is 2.42. The van der Waals surface area contributed by atoms with E-state index in [0.717, 1.165) is 15.2 Å². The summed E-state index contributed by atoms with van der Waals surface area (Å²) >= 11 is 5.05. The van der Waals surface area contributed by atoms with Crippen molar-refractivity contribution in [3.05, 3.63) is 51.1 Å². The van der Waals surface area contributed by atoms with Gasteiger partial charge in [-0.05, 0) is 52.9 Å². The van der Waals surface area contributed by atoms with Crippen molar-refractivity contribution in [2.45, 2.75) is 19.9 Å². The zero-order valence-electron chi connectivity index (χ0n) is 14.4. The smallest absolute Gasteiger partial charge is 0.338 e. The largest absolute Gasteiger partial charge is 0.480 e. The highest BCUT2D eigenvalue weighted by atomic mass is 79.9. The highest BCUT2D eigenvalue weighted by molar-refractivity contribution is 9.10. The summed E-state index contributed by atoms with van der Waals surface area (Å²) in [6.45, 7) is 4.13. The van der Waals surface area contributed by atoms with Gasteiger partial charge in [-0.3, -0.25) is 0 Å². The second-order valence-electron chi connectivity index (χ2n) is 5.51. The normalized spacial score (nSPS) is 18.3. The molecular formula is C19H17BrN2O3S. The van der Waals surface area contributed by atoms with Gasteiger partial charge in [0.1, 0.15) is 12.4 Å². The number of carbonyl (C=O) groups is 1. The van der Waals surface area contributed by atoms with Crippen LogP contribution in [0.3, 0.4) is 0 Å². The van der Waals surface area contributed by atoms with Crippen molar-refractivity contribution in [3.8, 4) is 18.1 Å².